The molecule has 1 amide bonds. The van der Waals surface area contributed by atoms with Crippen LogP contribution in [0.15, 0.2) is 16.0 Å². The van der Waals surface area contributed by atoms with E-state index in [0.29, 0.717) is 16.9 Å². The summed E-state index contributed by atoms with van der Waals surface area (Å²) >= 11 is 1.29. The highest BCUT2D eigenvalue weighted by Crippen LogP contribution is 2.21. The summed E-state index contributed by atoms with van der Waals surface area (Å²) in [6, 6.07) is 1.75. The molecule has 1 saturated carbocycles. The van der Waals surface area contributed by atoms with E-state index >= 15 is 0 Å². The first-order valence-corrected chi connectivity index (χ1v) is 7.97. The van der Waals surface area contributed by atoms with Crippen LogP contribution in [-0.2, 0) is 4.79 Å². The van der Waals surface area contributed by atoms with Crippen molar-refractivity contribution in [3.8, 4) is 0 Å². The van der Waals surface area contributed by atoms with Crippen LogP contribution in [0, 0.1) is 6.92 Å². The van der Waals surface area contributed by atoms with Crippen molar-refractivity contribution in [3.63, 3.8) is 0 Å². The highest BCUT2D eigenvalue weighted by atomic mass is 32.2. The van der Waals surface area contributed by atoms with Crippen LogP contribution in [0.25, 0.3) is 0 Å². The number of aromatic nitrogens is 2. The van der Waals surface area contributed by atoms with Gasteiger partial charge in [0, 0.05) is 17.8 Å². The zero-order chi connectivity index (χ0) is 14.5. The normalized spacial score (nSPS) is 17.7. The van der Waals surface area contributed by atoms with Gasteiger partial charge in [0.1, 0.15) is 0 Å². The molecule has 1 fully saturated rings. The highest BCUT2D eigenvalue weighted by Gasteiger charge is 2.21. The maximum Gasteiger partial charge on any atom is 0.251 e. The van der Waals surface area contributed by atoms with Crippen molar-refractivity contribution in [3.05, 3.63) is 22.1 Å². The van der Waals surface area contributed by atoms with E-state index in [9.17, 15) is 9.59 Å². The van der Waals surface area contributed by atoms with E-state index in [-0.39, 0.29) is 16.7 Å². The molecular formula is C14H21N3O2S. The molecule has 0 aromatic carbocycles. The van der Waals surface area contributed by atoms with Crippen LogP contribution in [0.2, 0.25) is 0 Å². The Bertz CT molecular complexity index is 523. The molecule has 0 bridgehead atoms. The lowest BCUT2D eigenvalue weighted by Gasteiger charge is -2.24. The summed E-state index contributed by atoms with van der Waals surface area (Å²) < 4.78 is 0. The number of carbonyl (C=O) groups excluding carboxylic acids is 1. The van der Waals surface area contributed by atoms with Crippen LogP contribution in [0.5, 0.6) is 0 Å². The fourth-order valence-corrected chi connectivity index (χ4v) is 3.26. The second-order valence-electron chi connectivity index (χ2n) is 5.30. The molecule has 0 radical (unpaired) electrons. The molecule has 2 rings (SSSR count). The summed E-state index contributed by atoms with van der Waals surface area (Å²) in [5, 5.41) is 3.33. The van der Waals surface area contributed by atoms with E-state index in [0.717, 1.165) is 12.8 Å². The van der Waals surface area contributed by atoms with Gasteiger partial charge in [0.05, 0.1) is 5.25 Å². The number of carbonyl (C=O) groups is 1. The Morgan fingerprint density at radius 3 is 2.80 bits per heavy atom. The quantitative estimate of drug-likeness (QED) is 0.658. The second-order valence-corrected chi connectivity index (χ2v) is 6.63. The number of hydrogen-bond donors (Lipinski definition) is 2. The molecule has 110 valence electrons. The summed E-state index contributed by atoms with van der Waals surface area (Å²) in [7, 11) is 0. The number of nitrogens with one attached hydrogen (secondary N) is 2. The maximum absolute atomic E-state index is 12.1. The van der Waals surface area contributed by atoms with E-state index in [1.807, 2.05) is 6.92 Å². The SMILES string of the molecule is Cc1cc(=O)[nH]c(S[C@H](C)C(=O)NC2CCCCC2)n1. The van der Waals surface area contributed by atoms with E-state index in [2.05, 4.69) is 15.3 Å². The molecule has 0 saturated heterocycles. The molecule has 0 aliphatic heterocycles. The topological polar surface area (TPSA) is 74.8 Å². The summed E-state index contributed by atoms with van der Waals surface area (Å²) in [6.45, 7) is 3.61. The molecule has 1 atom stereocenters. The molecule has 1 aromatic rings. The Kier molecular flexibility index (Phi) is 5.23. The van der Waals surface area contributed by atoms with Crippen molar-refractivity contribution in [2.75, 3.05) is 0 Å². The third-order valence-corrected chi connectivity index (χ3v) is 4.44. The van der Waals surface area contributed by atoms with Crippen molar-refractivity contribution >= 4 is 17.7 Å². The van der Waals surface area contributed by atoms with Crippen molar-refractivity contribution in [2.24, 2.45) is 0 Å². The molecule has 1 aromatic heterocycles. The fourth-order valence-electron chi connectivity index (χ4n) is 2.39. The summed E-state index contributed by atoms with van der Waals surface area (Å²) in [5.41, 5.74) is 0.482. The predicted molar refractivity (Wildman–Crippen MR) is 79.9 cm³/mol. The first-order valence-electron chi connectivity index (χ1n) is 7.09. The number of hydrogen-bond acceptors (Lipinski definition) is 4. The van der Waals surface area contributed by atoms with Crippen molar-refractivity contribution in [2.45, 2.75) is 62.4 Å². The molecule has 5 nitrogen and oxygen atoms in total. The standard InChI is InChI=1S/C14H21N3O2S/c1-9-8-12(18)17-14(15-9)20-10(2)13(19)16-11-6-4-3-5-7-11/h8,10-11H,3-7H2,1-2H3,(H,16,19)(H,15,17,18)/t10-/m1/s1. The number of aryl methyl sites for hydroxylation is 1. The maximum atomic E-state index is 12.1. The van der Waals surface area contributed by atoms with Crippen molar-refractivity contribution in [1.82, 2.24) is 15.3 Å². The highest BCUT2D eigenvalue weighted by molar-refractivity contribution is 8.00. The van der Waals surface area contributed by atoms with Gasteiger partial charge in [-0.05, 0) is 26.7 Å². The van der Waals surface area contributed by atoms with Gasteiger partial charge < -0.3 is 10.3 Å². The Morgan fingerprint density at radius 1 is 1.45 bits per heavy atom. The molecule has 20 heavy (non-hydrogen) atoms. The number of thioether (sulfide) groups is 1. The minimum Gasteiger partial charge on any atom is -0.352 e. The number of nitrogens with zero attached hydrogens (tertiary/aromatic N) is 1. The van der Waals surface area contributed by atoms with Gasteiger partial charge in [-0.1, -0.05) is 31.0 Å². The van der Waals surface area contributed by atoms with Gasteiger partial charge in [0.2, 0.25) is 5.91 Å². The van der Waals surface area contributed by atoms with E-state index in [4.69, 9.17) is 0 Å². The van der Waals surface area contributed by atoms with Gasteiger partial charge in [0.25, 0.3) is 5.56 Å². The third-order valence-electron chi connectivity index (χ3n) is 3.46. The van der Waals surface area contributed by atoms with Crippen LogP contribution in [0.1, 0.15) is 44.7 Å². The lowest BCUT2D eigenvalue weighted by atomic mass is 9.95. The van der Waals surface area contributed by atoms with Crippen molar-refractivity contribution in [1.29, 1.82) is 0 Å². The van der Waals surface area contributed by atoms with Gasteiger partial charge in [-0.25, -0.2) is 4.98 Å². The monoisotopic (exact) mass is 295 g/mol. The van der Waals surface area contributed by atoms with Gasteiger partial charge in [-0.3, -0.25) is 9.59 Å². The molecule has 0 spiro atoms. The van der Waals surface area contributed by atoms with Gasteiger partial charge in [-0.15, -0.1) is 0 Å². The third kappa shape index (κ3) is 4.37. The van der Waals surface area contributed by atoms with Crippen LogP contribution >= 0.6 is 11.8 Å². The Hall–Kier alpha value is -1.30. The smallest absolute Gasteiger partial charge is 0.251 e. The lowest BCUT2D eigenvalue weighted by molar-refractivity contribution is -0.121. The molecular weight excluding hydrogens is 274 g/mol. The lowest BCUT2D eigenvalue weighted by Crippen LogP contribution is -2.40. The fraction of sp³-hybridized carbons (Fsp3) is 0.643. The number of amides is 1. The second kappa shape index (κ2) is 6.92. The Balaban J connectivity index is 1.91. The van der Waals surface area contributed by atoms with Crippen LogP contribution in [0.4, 0.5) is 0 Å². The van der Waals surface area contributed by atoms with Gasteiger partial charge in [0.15, 0.2) is 5.16 Å². The Morgan fingerprint density at radius 2 is 2.15 bits per heavy atom. The van der Waals surface area contributed by atoms with Crippen LogP contribution in [-0.4, -0.2) is 27.2 Å². The summed E-state index contributed by atoms with van der Waals surface area (Å²) in [4.78, 5) is 30.4. The molecule has 0 unspecified atom stereocenters. The minimum atomic E-state index is -0.262. The first-order chi connectivity index (χ1) is 9.54. The van der Waals surface area contributed by atoms with Crippen LogP contribution in [0.3, 0.4) is 0 Å². The van der Waals surface area contributed by atoms with E-state index < -0.39 is 0 Å². The number of aromatic amines is 1. The average Bonchev–Trinajstić information content (AvgIpc) is 2.38. The van der Waals surface area contributed by atoms with Gasteiger partial charge >= 0.3 is 0 Å². The largest absolute Gasteiger partial charge is 0.352 e. The number of rotatable bonds is 4. The number of H-pyrrole nitrogens is 1. The Labute approximate surface area is 123 Å². The molecule has 1 aliphatic rings. The summed E-state index contributed by atoms with van der Waals surface area (Å²) in [5.74, 6) is 0.0195. The summed E-state index contributed by atoms with van der Waals surface area (Å²) in [6.07, 6.45) is 5.80. The zero-order valence-electron chi connectivity index (χ0n) is 11.9. The van der Waals surface area contributed by atoms with Crippen molar-refractivity contribution < 1.29 is 4.79 Å². The minimum absolute atomic E-state index is 0.0195. The molecule has 1 aliphatic carbocycles. The zero-order valence-corrected chi connectivity index (χ0v) is 12.8. The van der Waals surface area contributed by atoms with E-state index in [1.54, 1.807) is 6.92 Å². The van der Waals surface area contributed by atoms with E-state index in [1.165, 1.54) is 37.1 Å². The average molecular weight is 295 g/mol. The molecule has 2 N–H and O–H groups in total. The predicted octanol–water partition coefficient (Wildman–Crippen LogP) is 2.01. The molecule has 6 heteroatoms. The first kappa shape index (κ1) is 15.1. The van der Waals surface area contributed by atoms with Gasteiger partial charge in [-0.2, -0.15) is 0 Å². The van der Waals surface area contributed by atoms with Crippen LogP contribution < -0.4 is 10.9 Å². The molecule has 1 heterocycles.